The smallest absolute Gasteiger partial charge is 0.264 e. The van der Waals surface area contributed by atoms with E-state index in [9.17, 15) is 18.3 Å². The molecule has 7 nitrogen and oxygen atoms in total. The largest absolute Gasteiger partial charge is 0.506 e. The SMILES string of the molecule is CN(c1ccc(Br)cc1)S(=O)(=O)c1cccc(C(=O)Nc2ccc(O)cn2)c1. The van der Waals surface area contributed by atoms with Gasteiger partial charge < -0.3 is 10.4 Å². The van der Waals surface area contributed by atoms with Gasteiger partial charge in [0.25, 0.3) is 15.9 Å². The van der Waals surface area contributed by atoms with E-state index in [1.54, 1.807) is 24.3 Å². The van der Waals surface area contributed by atoms with Crippen LogP contribution in [0.5, 0.6) is 5.75 Å². The fourth-order valence-corrected chi connectivity index (χ4v) is 3.90. The second-order valence-corrected chi connectivity index (χ2v) is 8.72. The quantitative estimate of drug-likeness (QED) is 0.604. The Balaban J connectivity index is 1.86. The molecule has 1 aromatic heterocycles. The number of hydrogen-bond donors (Lipinski definition) is 2. The van der Waals surface area contributed by atoms with Crippen LogP contribution in [-0.4, -0.2) is 31.5 Å². The highest BCUT2D eigenvalue weighted by atomic mass is 79.9. The maximum absolute atomic E-state index is 12.9. The Bertz CT molecular complexity index is 1100. The van der Waals surface area contributed by atoms with Crippen molar-refractivity contribution in [1.82, 2.24) is 4.98 Å². The number of nitrogens with zero attached hydrogens (tertiary/aromatic N) is 2. The fraction of sp³-hybridized carbons (Fsp3) is 0.0526. The molecule has 0 atom stereocenters. The highest BCUT2D eigenvalue weighted by molar-refractivity contribution is 9.10. The molecule has 0 bridgehead atoms. The van der Waals surface area contributed by atoms with Crippen LogP contribution in [0.4, 0.5) is 11.5 Å². The van der Waals surface area contributed by atoms with Crippen molar-refractivity contribution >= 4 is 43.4 Å². The number of rotatable bonds is 5. The van der Waals surface area contributed by atoms with Crippen molar-refractivity contribution in [2.45, 2.75) is 4.90 Å². The first kappa shape index (κ1) is 19.8. The van der Waals surface area contributed by atoms with Crippen molar-refractivity contribution < 1.29 is 18.3 Å². The molecule has 0 saturated carbocycles. The van der Waals surface area contributed by atoms with Gasteiger partial charge in [0.2, 0.25) is 0 Å². The van der Waals surface area contributed by atoms with E-state index in [1.807, 2.05) is 0 Å². The maximum atomic E-state index is 12.9. The molecule has 28 heavy (non-hydrogen) atoms. The van der Waals surface area contributed by atoms with E-state index in [2.05, 4.69) is 26.2 Å². The summed E-state index contributed by atoms with van der Waals surface area (Å²) in [6.45, 7) is 0. The summed E-state index contributed by atoms with van der Waals surface area (Å²) in [4.78, 5) is 16.3. The molecule has 0 fully saturated rings. The van der Waals surface area contributed by atoms with Crippen LogP contribution >= 0.6 is 15.9 Å². The van der Waals surface area contributed by atoms with Crippen LogP contribution in [0.1, 0.15) is 10.4 Å². The van der Waals surface area contributed by atoms with E-state index in [0.717, 1.165) is 8.78 Å². The minimum Gasteiger partial charge on any atom is -0.506 e. The molecule has 0 spiro atoms. The highest BCUT2D eigenvalue weighted by Gasteiger charge is 2.22. The zero-order chi connectivity index (χ0) is 20.3. The summed E-state index contributed by atoms with van der Waals surface area (Å²) in [6.07, 6.45) is 1.20. The number of hydrogen-bond acceptors (Lipinski definition) is 5. The van der Waals surface area contributed by atoms with Gasteiger partial charge in [0, 0.05) is 17.1 Å². The lowest BCUT2D eigenvalue weighted by Crippen LogP contribution is -2.26. The molecule has 0 aliphatic carbocycles. The number of aromatic nitrogens is 1. The number of carbonyl (C=O) groups excluding carboxylic acids is 1. The lowest BCUT2D eigenvalue weighted by Gasteiger charge is -2.20. The number of sulfonamides is 1. The molecule has 2 aromatic carbocycles. The summed E-state index contributed by atoms with van der Waals surface area (Å²) in [5.41, 5.74) is 0.659. The normalized spacial score (nSPS) is 11.1. The van der Waals surface area contributed by atoms with Gasteiger partial charge in [-0.15, -0.1) is 0 Å². The van der Waals surface area contributed by atoms with Crippen LogP contribution < -0.4 is 9.62 Å². The number of pyridine rings is 1. The van der Waals surface area contributed by atoms with Gasteiger partial charge in [-0.3, -0.25) is 9.10 Å². The van der Waals surface area contributed by atoms with E-state index in [0.29, 0.717) is 5.69 Å². The Morgan fingerprint density at radius 1 is 1.11 bits per heavy atom. The topological polar surface area (TPSA) is 99.6 Å². The number of amides is 1. The molecule has 9 heteroatoms. The van der Waals surface area contributed by atoms with Crippen LogP contribution in [-0.2, 0) is 10.0 Å². The second kappa shape index (κ2) is 7.99. The zero-order valence-corrected chi connectivity index (χ0v) is 17.1. The van der Waals surface area contributed by atoms with E-state index in [1.165, 1.54) is 49.6 Å². The Morgan fingerprint density at radius 3 is 2.46 bits per heavy atom. The number of aromatic hydroxyl groups is 1. The minimum atomic E-state index is -3.85. The first-order valence-corrected chi connectivity index (χ1v) is 10.3. The van der Waals surface area contributed by atoms with Crippen LogP contribution in [0.3, 0.4) is 0 Å². The average Bonchev–Trinajstić information content (AvgIpc) is 2.70. The third-order valence-electron chi connectivity index (χ3n) is 3.93. The number of anilines is 2. The predicted molar refractivity (Wildman–Crippen MR) is 110 cm³/mol. The standard InChI is InChI=1S/C19H16BrN3O4S/c1-23(15-7-5-14(20)6-8-15)28(26,27)17-4-2-3-13(11-17)19(25)22-18-10-9-16(24)12-21-18/h2-12,24H,1H3,(H,21,22,25). The molecule has 0 aliphatic heterocycles. The van der Waals surface area contributed by atoms with Crippen molar-refractivity contribution in [2.24, 2.45) is 0 Å². The summed E-state index contributed by atoms with van der Waals surface area (Å²) < 4.78 is 27.8. The molecule has 1 heterocycles. The Labute approximate surface area is 170 Å². The molecular formula is C19H16BrN3O4S. The molecule has 0 radical (unpaired) electrons. The molecule has 1 amide bonds. The van der Waals surface area contributed by atoms with Crippen molar-refractivity contribution in [1.29, 1.82) is 0 Å². The van der Waals surface area contributed by atoms with Gasteiger partial charge in [0.05, 0.1) is 16.8 Å². The monoisotopic (exact) mass is 461 g/mol. The number of carbonyl (C=O) groups is 1. The van der Waals surface area contributed by atoms with Crippen LogP contribution in [0.15, 0.2) is 76.2 Å². The van der Waals surface area contributed by atoms with Gasteiger partial charge in [-0.1, -0.05) is 22.0 Å². The molecule has 0 aliphatic rings. The maximum Gasteiger partial charge on any atom is 0.264 e. The Morgan fingerprint density at radius 2 is 1.82 bits per heavy atom. The highest BCUT2D eigenvalue weighted by Crippen LogP contribution is 2.24. The molecule has 3 aromatic rings. The van der Waals surface area contributed by atoms with Gasteiger partial charge in [-0.25, -0.2) is 13.4 Å². The molecular weight excluding hydrogens is 446 g/mol. The number of benzene rings is 2. The first-order valence-electron chi connectivity index (χ1n) is 8.08. The average molecular weight is 462 g/mol. The van der Waals surface area contributed by atoms with Crippen molar-refractivity contribution in [2.75, 3.05) is 16.7 Å². The summed E-state index contributed by atoms with van der Waals surface area (Å²) in [6, 6.07) is 15.4. The third kappa shape index (κ3) is 4.32. The number of halogens is 1. The first-order chi connectivity index (χ1) is 13.3. The summed E-state index contributed by atoms with van der Waals surface area (Å²) in [5.74, 6) is -0.299. The molecule has 2 N–H and O–H groups in total. The van der Waals surface area contributed by atoms with E-state index >= 15 is 0 Å². The molecule has 144 valence electrons. The van der Waals surface area contributed by atoms with Gasteiger partial charge in [0.1, 0.15) is 11.6 Å². The van der Waals surface area contributed by atoms with Crippen LogP contribution in [0.25, 0.3) is 0 Å². The predicted octanol–water partition coefficient (Wildman–Crippen LogP) is 3.63. The Kier molecular flexibility index (Phi) is 5.66. The summed E-state index contributed by atoms with van der Waals surface area (Å²) in [5, 5.41) is 11.8. The van der Waals surface area contributed by atoms with Gasteiger partial charge in [0.15, 0.2) is 0 Å². The second-order valence-electron chi connectivity index (χ2n) is 5.83. The van der Waals surface area contributed by atoms with E-state index < -0.39 is 15.9 Å². The summed E-state index contributed by atoms with van der Waals surface area (Å²) in [7, 11) is -2.40. The van der Waals surface area contributed by atoms with Crippen molar-refractivity contribution in [3.63, 3.8) is 0 Å². The number of nitrogens with one attached hydrogen (secondary N) is 1. The van der Waals surface area contributed by atoms with Crippen LogP contribution in [0.2, 0.25) is 0 Å². The molecule has 0 unspecified atom stereocenters. The Hall–Kier alpha value is -2.91. The fourth-order valence-electron chi connectivity index (χ4n) is 2.39. The van der Waals surface area contributed by atoms with Gasteiger partial charge >= 0.3 is 0 Å². The van der Waals surface area contributed by atoms with Crippen molar-refractivity contribution in [3.05, 3.63) is 76.9 Å². The summed E-state index contributed by atoms with van der Waals surface area (Å²) >= 11 is 3.32. The minimum absolute atomic E-state index is 0.00997. The van der Waals surface area contributed by atoms with Crippen LogP contribution in [0, 0.1) is 0 Å². The zero-order valence-electron chi connectivity index (χ0n) is 14.7. The van der Waals surface area contributed by atoms with Gasteiger partial charge in [-0.05, 0) is 54.6 Å². The molecule has 3 rings (SSSR count). The van der Waals surface area contributed by atoms with Crippen molar-refractivity contribution in [3.8, 4) is 5.75 Å². The molecule has 0 saturated heterocycles. The lowest BCUT2D eigenvalue weighted by molar-refractivity contribution is 0.102. The lowest BCUT2D eigenvalue weighted by atomic mass is 10.2. The third-order valence-corrected chi connectivity index (χ3v) is 6.24. The van der Waals surface area contributed by atoms with Gasteiger partial charge in [-0.2, -0.15) is 0 Å². The van der Waals surface area contributed by atoms with E-state index in [-0.39, 0.29) is 22.0 Å². The van der Waals surface area contributed by atoms with E-state index in [4.69, 9.17) is 0 Å².